The summed E-state index contributed by atoms with van der Waals surface area (Å²) in [5.41, 5.74) is 6.06. The van der Waals surface area contributed by atoms with Crippen molar-refractivity contribution >= 4 is 0 Å². The molecule has 0 saturated carbocycles. The molecule has 1 aromatic rings. The van der Waals surface area contributed by atoms with Crippen molar-refractivity contribution in [2.24, 2.45) is 5.73 Å². The van der Waals surface area contributed by atoms with E-state index in [-0.39, 0.29) is 11.6 Å². The van der Waals surface area contributed by atoms with Crippen molar-refractivity contribution in [1.82, 2.24) is 0 Å². The third kappa shape index (κ3) is 3.39. The number of hydrogen-bond donors (Lipinski definition) is 1. The Balaban J connectivity index is 1.89. The monoisotopic (exact) mass is 265 g/mol. The van der Waals surface area contributed by atoms with Gasteiger partial charge in [-0.2, -0.15) is 0 Å². The van der Waals surface area contributed by atoms with Gasteiger partial charge >= 0.3 is 0 Å². The smallest absolute Gasteiger partial charge is 0.161 e. The average molecular weight is 265 g/mol. The van der Waals surface area contributed by atoms with E-state index in [2.05, 4.69) is 0 Å². The fourth-order valence-electron chi connectivity index (χ4n) is 2.32. The van der Waals surface area contributed by atoms with E-state index in [1.165, 1.54) is 0 Å². The molecule has 0 aliphatic carbocycles. The van der Waals surface area contributed by atoms with E-state index in [4.69, 9.17) is 19.9 Å². The number of ether oxygens (including phenoxy) is 3. The van der Waals surface area contributed by atoms with Crippen LogP contribution in [0.4, 0.5) is 0 Å². The molecule has 2 N–H and O–H groups in total. The van der Waals surface area contributed by atoms with Crippen molar-refractivity contribution < 1.29 is 14.2 Å². The average Bonchev–Trinajstić information content (AvgIpc) is 2.72. The lowest BCUT2D eigenvalue weighted by Crippen LogP contribution is -2.47. The number of benzene rings is 1. The summed E-state index contributed by atoms with van der Waals surface area (Å²) in [6.45, 7) is 5.94. The van der Waals surface area contributed by atoms with Crippen LogP contribution in [0.2, 0.25) is 0 Å². The van der Waals surface area contributed by atoms with Gasteiger partial charge in [-0.25, -0.2) is 0 Å². The van der Waals surface area contributed by atoms with Gasteiger partial charge in [0.05, 0.1) is 19.3 Å². The number of rotatable bonds is 6. The Kier molecular flexibility index (Phi) is 4.66. The molecule has 1 aromatic carbocycles. The van der Waals surface area contributed by atoms with Crippen LogP contribution in [0.1, 0.15) is 26.7 Å². The second kappa shape index (κ2) is 6.26. The molecule has 19 heavy (non-hydrogen) atoms. The molecular weight excluding hydrogens is 242 g/mol. The minimum Gasteiger partial charge on any atom is -0.490 e. The number of nitrogens with two attached hydrogens (primary N) is 1. The molecule has 4 heteroatoms. The Hall–Kier alpha value is -1.26. The highest BCUT2D eigenvalue weighted by molar-refractivity contribution is 5.39. The predicted octanol–water partition coefficient (Wildman–Crippen LogP) is 2.36. The van der Waals surface area contributed by atoms with Crippen LogP contribution in [0.25, 0.3) is 0 Å². The van der Waals surface area contributed by atoms with Crippen molar-refractivity contribution in [2.45, 2.75) is 38.3 Å². The summed E-state index contributed by atoms with van der Waals surface area (Å²) in [5, 5.41) is 0. The van der Waals surface area contributed by atoms with E-state index in [9.17, 15) is 0 Å². The first-order valence-corrected chi connectivity index (χ1v) is 6.91. The maximum absolute atomic E-state index is 6.33. The molecule has 1 saturated heterocycles. The van der Waals surface area contributed by atoms with Crippen LogP contribution in [0, 0.1) is 0 Å². The lowest BCUT2D eigenvalue weighted by molar-refractivity contribution is 0.0872. The van der Waals surface area contributed by atoms with Gasteiger partial charge < -0.3 is 19.9 Å². The second-order valence-electron chi connectivity index (χ2n) is 4.97. The van der Waals surface area contributed by atoms with Gasteiger partial charge in [-0.15, -0.1) is 0 Å². The largest absolute Gasteiger partial charge is 0.490 e. The van der Waals surface area contributed by atoms with Crippen molar-refractivity contribution in [3.05, 3.63) is 24.3 Å². The maximum atomic E-state index is 6.33. The molecule has 0 aromatic heterocycles. The Labute approximate surface area is 114 Å². The Morgan fingerprint density at radius 3 is 2.58 bits per heavy atom. The van der Waals surface area contributed by atoms with Crippen LogP contribution in [0.15, 0.2) is 24.3 Å². The van der Waals surface area contributed by atoms with Crippen molar-refractivity contribution in [2.75, 3.05) is 19.8 Å². The van der Waals surface area contributed by atoms with Gasteiger partial charge in [0.1, 0.15) is 0 Å². The Morgan fingerprint density at radius 2 is 2.00 bits per heavy atom. The molecule has 1 heterocycles. The summed E-state index contributed by atoms with van der Waals surface area (Å²) in [6.07, 6.45) is 1.78. The van der Waals surface area contributed by atoms with E-state index in [0.29, 0.717) is 13.2 Å². The molecule has 1 aliphatic heterocycles. The fourth-order valence-corrected chi connectivity index (χ4v) is 2.32. The highest BCUT2D eigenvalue weighted by Gasteiger charge is 2.37. The summed E-state index contributed by atoms with van der Waals surface area (Å²) < 4.78 is 16.9. The van der Waals surface area contributed by atoms with E-state index in [1.54, 1.807) is 0 Å². The molecule has 106 valence electrons. The van der Waals surface area contributed by atoms with Crippen molar-refractivity contribution in [3.63, 3.8) is 0 Å². The second-order valence-corrected chi connectivity index (χ2v) is 4.97. The molecule has 0 radical (unpaired) electrons. The highest BCUT2D eigenvalue weighted by atomic mass is 16.5. The topological polar surface area (TPSA) is 53.7 Å². The molecule has 2 atom stereocenters. The molecule has 2 rings (SSSR count). The van der Waals surface area contributed by atoms with E-state index in [0.717, 1.165) is 30.9 Å². The molecule has 1 fully saturated rings. The zero-order valence-corrected chi connectivity index (χ0v) is 11.7. The summed E-state index contributed by atoms with van der Waals surface area (Å²) in [6, 6.07) is 7.72. The van der Waals surface area contributed by atoms with Gasteiger partial charge in [0, 0.05) is 18.6 Å². The van der Waals surface area contributed by atoms with Crippen LogP contribution in [-0.4, -0.2) is 31.5 Å². The van der Waals surface area contributed by atoms with Gasteiger partial charge in [-0.1, -0.05) is 12.1 Å². The quantitative estimate of drug-likeness (QED) is 0.858. The SMILES string of the molecule is CCOc1ccccc1OCCC1(N)CCOC1C. The van der Waals surface area contributed by atoms with Crippen LogP contribution in [0.3, 0.4) is 0 Å². The predicted molar refractivity (Wildman–Crippen MR) is 74.7 cm³/mol. The normalized spacial score (nSPS) is 26.4. The maximum Gasteiger partial charge on any atom is 0.161 e. The lowest BCUT2D eigenvalue weighted by Gasteiger charge is -2.27. The van der Waals surface area contributed by atoms with Crippen LogP contribution in [-0.2, 0) is 4.74 Å². The third-order valence-corrected chi connectivity index (χ3v) is 3.72. The highest BCUT2D eigenvalue weighted by Crippen LogP contribution is 2.29. The van der Waals surface area contributed by atoms with Gasteiger partial charge in [0.25, 0.3) is 0 Å². The lowest BCUT2D eigenvalue weighted by atomic mass is 9.90. The molecule has 0 bridgehead atoms. The Morgan fingerprint density at radius 1 is 1.32 bits per heavy atom. The van der Waals surface area contributed by atoms with Crippen LogP contribution < -0.4 is 15.2 Å². The minimum absolute atomic E-state index is 0.0956. The van der Waals surface area contributed by atoms with Crippen molar-refractivity contribution in [1.29, 1.82) is 0 Å². The zero-order chi connectivity index (χ0) is 13.7. The summed E-state index contributed by atoms with van der Waals surface area (Å²) in [5.74, 6) is 1.56. The van der Waals surface area contributed by atoms with Gasteiger partial charge in [0.2, 0.25) is 0 Å². The van der Waals surface area contributed by atoms with Gasteiger partial charge in [0.15, 0.2) is 11.5 Å². The van der Waals surface area contributed by atoms with E-state index >= 15 is 0 Å². The molecule has 4 nitrogen and oxygen atoms in total. The molecule has 1 aliphatic rings. The standard InChI is InChI=1S/C15H23NO3/c1-3-17-13-6-4-5-7-14(13)19-11-9-15(16)8-10-18-12(15)2/h4-7,12H,3,8-11,16H2,1-2H3. The minimum atomic E-state index is -0.263. The van der Waals surface area contributed by atoms with Crippen LogP contribution >= 0.6 is 0 Å². The first-order chi connectivity index (χ1) is 9.15. The van der Waals surface area contributed by atoms with Crippen molar-refractivity contribution in [3.8, 4) is 11.5 Å². The molecule has 0 spiro atoms. The van der Waals surface area contributed by atoms with E-state index in [1.807, 2.05) is 38.1 Å². The van der Waals surface area contributed by atoms with Gasteiger partial charge in [-0.05, 0) is 32.4 Å². The first-order valence-electron chi connectivity index (χ1n) is 6.91. The van der Waals surface area contributed by atoms with Crippen LogP contribution in [0.5, 0.6) is 11.5 Å². The fraction of sp³-hybridized carbons (Fsp3) is 0.600. The summed E-state index contributed by atoms with van der Waals surface area (Å²) in [7, 11) is 0. The van der Waals surface area contributed by atoms with E-state index < -0.39 is 0 Å². The third-order valence-electron chi connectivity index (χ3n) is 3.72. The Bertz CT molecular complexity index is 410. The number of hydrogen-bond acceptors (Lipinski definition) is 4. The zero-order valence-electron chi connectivity index (χ0n) is 11.7. The summed E-state index contributed by atoms with van der Waals surface area (Å²) in [4.78, 5) is 0. The number of para-hydroxylation sites is 2. The molecule has 2 unspecified atom stereocenters. The summed E-state index contributed by atoms with van der Waals surface area (Å²) >= 11 is 0. The molecule has 0 amide bonds. The first kappa shape index (κ1) is 14.2. The molecular formula is C15H23NO3. The van der Waals surface area contributed by atoms with Gasteiger partial charge in [-0.3, -0.25) is 0 Å².